The van der Waals surface area contributed by atoms with Crippen LogP contribution in [0.15, 0.2) is 28.8 Å². The first-order chi connectivity index (χ1) is 7.34. The van der Waals surface area contributed by atoms with E-state index in [1.54, 1.807) is 6.20 Å². The smallest absolute Gasteiger partial charge is 0.292 e. The highest BCUT2D eigenvalue weighted by Gasteiger charge is 2.18. The third kappa shape index (κ3) is 1.26. The summed E-state index contributed by atoms with van der Waals surface area (Å²) in [6, 6.07) is 6.18. The molecule has 0 saturated heterocycles. The van der Waals surface area contributed by atoms with Gasteiger partial charge >= 0.3 is 0 Å². The van der Waals surface area contributed by atoms with Crippen molar-refractivity contribution < 1.29 is 9.15 Å². The van der Waals surface area contributed by atoms with Gasteiger partial charge in [-0.15, -0.1) is 0 Å². The highest BCUT2D eigenvalue weighted by molar-refractivity contribution is 5.68. The van der Waals surface area contributed by atoms with E-state index in [0.29, 0.717) is 5.76 Å². The standard InChI is InChI=1S/C11H10N2O2/c12-11-13-6-9(15-11)8-3-1-2-7-4-5-14-10(7)8/h1-3,6H,4-5H2,(H2,12,13). The molecule has 1 aliphatic heterocycles. The van der Waals surface area contributed by atoms with Crippen LogP contribution in [-0.2, 0) is 6.42 Å². The van der Waals surface area contributed by atoms with Crippen molar-refractivity contribution in [2.75, 3.05) is 12.3 Å². The lowest BCUT2D eigenvalue weighted by atomic mass is 10.1. The van der Waals surface area contributed by atoms with Gasteiger partial charge in [0.2, 0.25) is 0 Å². The summed E-state index contributed by atoms with van der Waals surface area (Å²) in [7, 11) is 0. The van der Waals surface area contributed by atoms with Crippen molar-refractivity contribution in [3.05, 3.63) is 30.0 Å². The zero-order valence-electron chi connectivity index (χ0n) is 8.06. The summed E-state index contributed by atoms with van der Waals surface area (Å²) in [6.45, 7) is 0.732. The van der Waals surface area contributed by atoms with Crippen LogP contribution >= 0.6 is 0 Å². The van der Waals surface area contributed by atoms with Crippen LogP contribution in [-0.4, -0.2) is 11.6 Å². The average Bonchev–Trinajstić information content (AvgIpc) is 2.84. The highest BCUT2D eigenvalue weighted by Crippen LogP contribution is 2.36. The molecule has 4 nitrogen and oxygen atoms in total. The number of fused-ring (bicyclic) bond motifs is 1. The number of rotatable bonds is 1. The van der Waals surface area contributed by atoms with E-state index in [2.05, 4.69) is 11.1 Å². The average molecular weight is 202 g/mol. The number of ether oxygens (including phenoxy) is 1. The van der Waals surface area contributed by atoms with Crippen LogP contribution in [0.5, 0.6) is 5.75 Å². The van der Waals surface area contributed by atoms with Crippen molar-refractivity contribution in [1.29, 1.82) is 0 Å². The van der Waals surface area contributed by atoms with Gasteiger partial charge in [-0.25, -0.2) is 4.98 Å². The maximum Gasteiger partial charge on any atom is 0.292 e. The van der Waals surface area contributed by atoms with E-state index in [0.717, 1.165) is 24.3 Å². The fourth-order valence-electron chi connectivity index (χ4n) is 1.82. The molecule has 2 aromatic rings. The summed E-state index contributed by atoms with van der Waals surface area (Å²) in [5.41, 5.74) is 7.58. The number of aromatic nitrogens is 1. The molecule has 0 atom stereocenters. The van der Waals surface area contributed by atoms with Crippen molar-refractivity contribution in [2.45, 2.75) is 6.42 Å². The van der Waals surface area contributed by atoms with Gasteiger partial charge in [0.25, 0.3) is 6.01 Å². The molecule has 0 aliphatic carbocycles. The third-order valence-corrected chi connectivity index (χ3v) is 2.50. The van der Waals surface area contributed by atoms with Crippen molar-refractivity contribution in [3.8, 4) is 17.1 Å². The Kier molecular flexibility index (Phi) is 1.68. The van der Waals surface area contributed by atoms with Gasteiger partial charge in [-0.1, -0.05) is 12.1 Å². The Morgan fingerprint density at radius 2 is 2.27 bits per heavy atom. The molecule has 1 aliphatic rings. The molecule has 0 bridgehead atoms. The second-order valence-electron chi connectivity index (χ2n) is 3.46. The molecular weight excluding hydrogens is 192 g/mol. The molecule has 3 rings (SSSR count). The number of para-hydroxylation sites is 1. The van der Waals surface area contributed by atoms with Gasteiger partial charge in [0.1, 0.15) is 5.75 Å². The van der Waals surface area contributed by atoms with Gasteiger partial charge in [0.05, 0.1) is 18.4 Å². The van der Waals surface area contributed by atoms with Crippen molar-refractivity contribution in [3.63, 3.8) is 0 Å². The molecule has 1 aromatic carbocycles. The third-order valence-electron chi connectivity index (χ3n) is 2.50. The van der Waals surface area contributed by atoms with E-state index >= 15 is 0 Å². The first-order valence-electron chi connectivity index (χ1n) is 4.81. The van der Waals surface area contributed by atoms with E-state index in [1.165, 1.54) is 5.56 Å². The summed E-state index contributed by atoms with van der Waals surface area (Å²) >= 11 is 0. The van der Waals surface area contributed by atoms with Gasteiger partial charge in [-0.05, 0) is 11.6 Å². The van der Waals surface area contributed by atoms with Crippen LogP contribution in [0.1, 0.15) is 5.56 Å². The number of hydrogen-bond acceptors (Lipinski definition) is 4. The van der Waals surface area contributed by atoms with E-state index in [-0.39, 0.29) is 6.01 Å². The van der Waals surface area contributed by atoms with Crippen LogP contribution in [0.25, 0.3) is 11.3 Å². The summed E-state index contributed by atoms with van der Waals surface area (Å²) in [4.78, 5) is 3.87. The first-order valence-corrected chi connectivity index (χ1v) is 4.81. The molecule has 15 heavy (non-hydrogen) atoms. The predicted octanol–water partition coefficient (Wildman–Crippen LogP) is 1.86. The second kappa shape index (κ2) is 3.02. The van der Waals surface area contributed by atoms with Crippen LogP contribution in [0, 0.1) is 0 Å². The molecule has 0 fully saturated rings. The van der Waals surface area contributed by atoms with Crippen molar-refractivity contribution >= 4 is 6.01 Å². The number of nitrogen functional groups attached to an aromatic ring is 1. The predicted molar refractivity (Wildman–Crippen MR) is 55.6 cm³/mol. The van der Waals surface area contributed by atoms with Gasteiger partial charge in [-0.3, -0.25) is 0 Å². The van der Waals surface area contributed by atoms with E-state index in [1.807, 2.05) is 12.1 Å². The molecule has 1 aromatic heterocycles. The Hall–Kier alpha value is -1.97. The number of nitrogens with two attached hydrogens (primary N) is 1. The lowest BCUT2D eigenvalue weighted by Crippen LogP contribution is -1.88. The minimum atomic E-state index is 0.181. The van der Waals surface area contributed by atoms with Gasteiger partial charge in [0, 0.05) is 6.42 Å². The fraction of sp³-hybridized carbons (Fsp3) is 0.182. The fourth-order valence-corrected chi connectivity index (χ4v) is 1.82. The molecule has 0 radical (unpaired) electrons. The molecule has 0 unspecified atom stereocenters. The van der Waals surface area contributed by atoms with E-state index in [4.69, 9.17) is 14.9 Å². The monoisotopic (exact) mass is 202 g/mol. The first kappa shape index (κ1) is 8.35. The van der Waals surface area contributed by atoms with Gasteiger partial charge in [0.15, 0.2) is 5.76 Å². The largest absolute Gasteiger partial charge is 0.492 e. The maximum atomic E-state index is 5.56. The summed E-state index contributed by atoms with van der Waals surface area (Å²) < 4.78 is 10.8. The zero-order chi connectivity index (χ0) is 10.3. The molecular formula is C11H10N2O2. The van der Waals surface area contributed by atoms with Crippen LogP contribution in [0.2, 0.25) is 0 Å². The number of anilines is 1. The number of hydrogen-bond donors (Lipinski definition) is 1. The minimum Gasteiger partial charge on any atom is -0.492 e. The minimum absolute atomic E-state index is 0.181. The SMILES string of the molecule is Nc1ncc(-c2cccc3c2OCC3)o1. The quantitative estimate of drug-likeness (QED) is 0.766. The Balaban J connectivity index is 2.16. The highest BCUT2D eigenvalue weighted by atomic mass is 16.5. The molecule has 4 heteroatoms. The number of oxazole rings is 1. The Labute approximate surface area is 86.7 Å². The van der Waals surface area contributed by atoms with Crippen LogP contribution in [0.3, 0.4) is 0 Å². The zero-order valence-corrected chi connectivity index (χ0v) is 8.06. The summed E-state index contributed by atoms with van der Waals surface area (Å²) in [5.74, 6) is 1.56. The van der Waals surface area contributed by atoms with Crippen molar-refractivity contribution in [2.24, 2.45) is 0 Å². The molecule has 0 amide bonds. The van der Waals surface area contributed by atoms with E-state index < -0.39 is 0 Å². The lowest BCUT2D eigenvalue weighted by molar-refractivity contribution is 0.357. The van der Waals surface area contributed by atoms with Crippen LogP contribution < -0.4 is 10.5 Å². The van der Waals surface area contributed by atoms with E-state index in [9.17, 15) is 0 Å². The maximum absolute atomic E-state index is 5.56. The van der Waals surface area contributed by atoms with Gasteiger partial charge in [-0.2, -0.15) is 0 Å². The topological polar surface area (TPSA) is 61.3 Å². The molecule has 0 saturated carbocycles. The van der Waals surface area contributed by atoms with Crippen molar-refractivity contribution in [1.82, 2.24) is 4.98 Å². The molecule has 2 N–H and O–H groups in total. The Morgan fingerprint density at radius 1 is 1.33 bits per heavy atom. The number of nitrogens with zero attached hydrogens (tertiary/aromatic N) is 1. The summed E-state index contributed by atoms with van der Waals surface area (Å²) in [5, 5.41) is 0. The lowest BCUT2D eigenvalue weighted by Gasteiger charge is -2.03. The van der Waals surface area contributed by atoms with Crippen LogP contribution in [0.4, 0.5) is 6.01 Å². The normalized spacial score (nSPS) is 13.6. The molecule has 76 valence electrons. The van der Waals surface area contributed by atoms with Gasteiger partial charge < -0.3 is 14.9 Å². The summed E-state index contributed by atoms with van der Waals surface area (Å²) in [6.07, 6.45) is 2.57. The Morgan fingerprint density at radius 3 is 3.07 bits per heavy atom. The number of benzene rings is 1. The molecule has 0 spiro atoms. The Bertz CT molecular complexity index is 505. The second-order valence-corrected chi connectivity index (χ2v) is 3.46. The molecule has 2 heterocycles.